The second-order valence-corrected chi connectivity index (χ2v) is 9.28. The lowest BCUT2D eigenvalue weighted by Crippen LogP contribution is -2.29. The van der Waals surface area contributed by atoms with Crippen molar-refractivity contribution in [3.63, 3.8) is 0 Å². The number of likely N-dealkylation sites (N-methyl/N-ethyl adjacent to an activating group) is 1. The van der Waals surface area contributed by atoms with Crippen LogP contribution >= 0.6 is 48.8 Å². The Kier molecular flexibility index (Phi) is 11.2. The Bertz CT molecular complexity index is 1450. The van der Waals surface area contributed by atoms with Gasteiger partial charge in [-0.2, -0.15) is 0 Å². The van der Waals surface area contributed by atoms with Crippen LogP contribution in [0.2, 0.25) is 5.02 Å². The van der Waals surface area contributed by atoms with Crippen LogP contribution in [-0.2, 0) is 0 Å². The minimum absolute atomic E-state index is 0. The van der Waals surface area contributed by atoms with Gasteiger partial charge in [0.1, 0.15) is 5.82 Å². The van der Waals surface area contributed by atoms with Gasteiger partial charge in [0.05, 0.1) is 33.7 Å². The molecule has 3 N–H and O–H groups in total. The molecule has 208 valence electrons. The van der Waals surface area contributed by atoms with Crippen LogP contribution in [0.4, 0.5) is 21.6 Å². The van der Waals surface area contributed by atoms with Crippen molar-refractivity contribution >= 4 is 82.7 Å². The largest absolute Gasteiger partial charge is 0.504 e. The molecule has 39 heavy (non-hydrogen) atoms. The highest BCUT2D eigenvalue weighted by atomic mass is 35.5. The number of ketones is 1. The number of hydrogen-bond donors (Lipinski definition) is 3. The average Bonchev–Trinajstić information content (AvgIpc) is 3.36. The van der Waals surface area contributed by atoms with Crippen LogP contribution in [0, 0.1) is 5.82 Å². The lowest BCUT2D eigenvalue weighted by atomic mass is 10.00. The lowest BCUT2D eigenvalue weighted by Gasteiger charge is -2.18. The Morgan fingerprint density at radius 1 is 1.08 bits per heavy atom. The van der Waals surface area contributed by atoms with Crippen molar-refractivity contribution in [2.75, 3.05) is 30.4 Å². The summed E-state index contributed by atoms with van der Waals surface area (Å²) in [4.78, 5) is 23.8. The zero-order chi connectivity index (χ0) is 25.4. The van der Waals surface area contributed by atoms with E-state index in [-0.39, 0.29) is 48.0 Å². The Balaban J connectivity index is 0.00000178. The van der Waals surface area contributed by atoms with E-state index in [1.165, 1.54) is 19.1 Å². The van der Waals surface area contributed by atoms with E-state index in [1.54, 1.807) is 24.5 Å². The molecule has 0 amide bonds. The molecule has 4 aromatic rings. The molecular formula is C27H28Cl4FN5O2. The highest BCUT2D eigenvalue weighted by Crippen LogP contribution is 2.36. The third-order valence-corrected chi connectivity index (χ3v) is 6.82. The molecule has 1 unspecified atom stereocenters. The average molecular weight is 615 g/mol. The number of aromatic nitrogens is 2. The number of anilines is 3. The van der Waals surface area contributed by atoms with Crippen molar-refractivity contribution in [3.05, 3.63) is 71.3 Å². The minimum atomic E-state index is -0.809. The summed E-state index contributed by atoms with van der Waals surface area (Å²) in [5.74, 6) is -0.638. The molecule has 1 aliphatic rings. The Morgan fingerprint density at radius 3 is 2.46 bits per heavy atom. The molecule has 5 rings (SSSR count). The van der Waals surface area contributed by atoms with Crippen molar-refractivity contribution < 1.29 is 14.3 Å². The standard InChI is InChI=1S/C27H25ClFN5O2.3ClH/c1-15(35)21-13-31-24-5-3-16(17-10-22(28)27(36)23(29)11-17)9-20(24)26(21)33-18-4-6-25(32-12-18)34-8-7-19(14-34)30-2;;;/h3-6,9-13,19,30,36H,7-8,14H2,1-2H3,(H,31,33);3*1H. The molecule has 1 atom stereocenters. The van der Waals surface area contributed by atoms with Crippen LogP contribution < -0.4 is 15.5 Å². The molecule has 1 saturated heterocycles. The van der Waals surface area contributed by atoms with Crippen molar-refractivity contribution in [3.8, 4) is 16.9 Å². The van der Waals surface area contributed by atoms with Crippen LogP contribution in [0.25, 0.3) is 22.0 Å². The number of halogens is 5. The quantitative estimate of drug-likeness (QED) is 0.206. The Morgan fingerprint density at radius 2 is 1.85 bits per heavy atom. The summed E-state index contributed by atoms with van der Waals surface area (Å²) in [6.07, 6.45) is 4.37. The van der Waals surface area contributed by atoms with Gasteiger partial charge in [0.15, 0.2) is 17.3 Å². The highest BCUT2D eigenvalue weighted by Gasteiger charge is 2.22. The predicted octanol–water partition coefficient (Wildman–Crippen LogP) is 6.80. The van der Waals surface area contributed by atoms with E-state index in [1.807, 2.05) is 25.2 Å². The van der Waals surface area contributed by atoms with Crippen molar-refractivity contribution in [1.29, 1.82) is 0 Å². The molecule has 3 heterocycles. The predicted molar refractivity (Wildman–Crippen MR) is 163 cm³/mol. The topological polar surface area (TPSA) is 90.4 Å². The summed E-state index contributed by atoms with van der Waals surface area (Å²) in [6, 6.07) is 12.5. The third kappa shape index (κ3) is 6.65. The number of benzene rings is 2. The van der Waals surface area contributed by atoms with Gasteiger partial charge in [0, 0.05) is 30.7 Å². The zero-order valence-corrected chi connectivity index (χ0v) is 24.3. The molecule has 12 heteroatoms. The number of carbonyl (C=O) groups is 1. The van der Waals surface area contributed by atoms with Crippen LogP contribution in [-0.4, -0.2) is 47.0 Å². The summed E-state index contributed by atoms with van der Waals surface area (Å²) in [6.45, 7) is 3.34. The third-order valence-electron chi connectivity index (χ3n) is 6.54. The van der Waals surface area contributed by atoms with E-state index in [4.69, 9.17) is 11.6 Å². The van der Waals surface area contributed by atoms with Crippen molar-refractivity contribution in [2.45, 2.75) is 19.4 Å². The van der Waals surface area contributed by atoms with Gasteiger partial charge < -0.3 is 20.6 Å². The second-order valence-electron chi connectivity index (χ2n) is 8.87. The summed E-state index contributed by atoms with van der Waals surface area (Å²) < 4.78 is 14.1. The van der Waals surface area contributed by atoms with Crippen molar-refractivity contribution in [1.82, 2.24) is 15.3 Å². The highest BCUT2D eigenvalue weighted by molar-refractivity contribution is 6.32. The first kappa shape index (κ1) is 32.3. The second kappa shape index (κ2) is 13.5. The fourth-order valence-electron chi connectivity index (χ4n) is 4.50. The normalized spacial score (nSPS) is 14.3. The summed E-state index contributed by atoms with van der Waals surface area (Å²) in [5, 5.41) is 17.0. The van der Waals surface area contributed by atoms with Crippen molar-refractivity contribution in [2.24, 2.45) is 0 Å². The van der Waals surface area contributed by atoms with E-state index < -0.39 is 11.6 Å². The first-order chi connectivity index (χ1) is 17.3. The maximum absolute atomic E-state index is 14.1. The number of nitrogens with one attached hydrogen (secondary N) is 2. The van der Waals surface area contributed by atoms with Gasteiger partial charge in [-0.25, -0.2) is 9.37 Å². The van der Waals surface area contributed by atoms with E-state index in [0.29, 0.717) is 39.3 Å². The number of Topliss-reactive ketones (excluding diaryl/α,β-unsaturated/α-hetero) is 1. The van der Waals surface area contributed by atoms with Gasteiger partial charge in [-0.05, 0) is 67.9 Å². The fourth-order valence-corrected chi connectivity index (χ4v) is 4.71. The number of fused-ring (bicyclic) bond motifs is 1. The van der Waals surface area contributed by atoms with E-state index in [2.05, 4.69) is 25.5 Å². The molecule has 0 spiro atoms. The fraction of sp³-hybridized carbons (Fsp3) is 0.222. The molecule has 7 nitrogen and oxygen atoms in total. The molecule has 0 aliphatic carbocycles. The lowest BCUT2D eigenvalue weighted by molar-refractivity contribution is 0.101. The first-order valence-corrected chi connectivity index (χ1v) is 12.0. The van der Waals surface area contributed by atoms with E-state index in [0.717, 1.165) is 31.0 Å². The molecule has 0 bridgehead atoms. The summed E-state index contributed by atoms with van der Waals surface area (Å²) >= 11 is 6.00. The number of aromatic hydroxyl groups is 1. The number of carbonyl (C=O) groups excluding carboxylic acids is 1. The molecule has 0 radical (unpaired) electrons. The first-order valence-electron chi connectivity index (χ1n) is 11.6. The van der Waals surface area contributed by atoms with Crippen LogP contribution in [0.1, 0.15) is 23.7 Å². The minimum Gasteiger partial charge on any atom is -0.504 e. The van der Waals surface area contributed by atoms with Gasteiger partial charge in [0.2, 0.25) is 0 Å². The van der Waals surface area contributed by atoms with Gasteiger partial charge in [-0.15, -0.1) is 37.2 Å². The molecule has 2 aromatic heterocycles. The number of hydrogen-bond acceptors (Lipinski definition) is 7. The molecule has 1 fully saturated rings. The van der Waals surface area contributed by atoms with Crippen LogP contribution in [0.5, 0.6) is 5.75 Å². The molecule has 0 saturated carbocycles. The maximum Gasteiger partial charge on any atom is 0.170 e. The number of rotatable bonds is 6. The van der Waals surface area contributed by atoms with E-state index >= 15 is 0 Å². The molecular weight excluding hydrogens is 587 g/mol. The van der Waals surface area contributed by atoms with Gasteiger partial charge >= 0.3 is 0 Å². The monoisotopic (exact) mass is 613 g/mol. The van der Waals surface area contributed by atoms with Gasteiger partial charge in [-0.3, -0.25) is 9.78 Å². The van der Waals surface area contributed by atoms with Gasteiger partial charge in [-0.1, -0.05) is 17.7 Å². The Hall–Kier alpha value is -2.88. The smallest absolute Gasteiger partial charge is 0.170 e. The number of pyridine rings is 2. The number of phenolic OH excluding ortho intramolecular Hbond substituents is 1. The molecule has 2 aromatic carbocycles. The summed E-state index contributed by atoms with van der Waals surface area (Å²) in [7, 11) is 1.97. The number of nitrogens with zero attached hydrogens (tertiary/aromatic N) is 3. The summed E-state index contributed by atoms with van der Waals surface area (Å²) in [5.41, 5.74) is 3.56. The molecule has 1 aliphatic heterocycles. The zero-order valence-electron chi connectivity index (χ0n) is 21.1. The maximum atomic E-state index is 14.1. The Labute approximate surface area is 249 Å². The SMILES string of the molecule is CNC1CCN(c2ccc(Nc3c(C(C)=O)cnc4ccc(-c5cc(F)c(O)c(Cl)c5)cc34)cn2)C1.Cl.Cl.Cl. The van der Waals surface area contributed by atoms with Crippen LogP contribution in [0.3, 0.4) is 0 Å². The van der Waals surface area contributed by atoms with Gasteiger partial charge in [0.25, 0.3) is 0 Å². The van der Waals surface area contributed by atoms with E-state index in [9.17, 15) is 14.3 Å². The van der Waals surface area contributed by atoms with Crippen LogP contribution in [0.15, 0.2) is 54.9 Å². The number of phenols is 1.